The zero-order valence-corrected chi connectivity index (χ0v) is 15.7. The molecule has 29 heavy (non-hydrogen) atoms. The van der Waals surface area contributed by atoms with Crippen molar-refractivity contribution in [2.45, 2.75) is 13.0 Å². The first-order valence-electron chi connectivity index (χ1n) is 8.63. The molecule has 1 atom stereocenters. The van der Waals surface area contributed by atoms with Gasteiger partial charge in [-0.15, -0.1) is 0 Å². The number of para-hydroxylation sites is 1. The van der Waals surface area contributed by atoms with Gasteiger partial charge >= 0.3 is 5.97 Å². The van der Waals surface area contributed by atoms with E-state index < -0.39 is 17.9 Å². The topological polar surface area (TPSA) is 122 Å². The van der Waals surface area contributed by atoms with E-state index in [4.69, 9.17) is 14.6 Å². The molecule has 8 nitrogen and oxygen atoms in total. The summed E-state index contributed by atoms with van der Waals surface area (Å²) in [6.45, 7) is 1.32. The third kappa shape index (κ3) is 3.94. The molecule has 0 spiro atoms. The second-order valence-electron chi connectivity index (χ2n) is 6.08. The van der Waals surface area contributed by atoms with E-state index in [1.54, 1.807) is 30.3 Å². The Hall–Kier alpha value is -4.12. The number of rotatable bonds is 6. The van der Waals surface area contributed by atoms with Crippen LogP contribution in [0.4, 0.5) is 0 Å². The van der Waals surface area contributed by atoms with Crippen LogP contribution in [0.3, 0.4) is 0 Å². The predicted octanol–water partition coefficient (Wildman–Crippen LogP) is 3.11. The van der Waals surface area contributed by atoms with E-state index in [9.17, 15) is 14.9 Å². The lowest BCUT2D eigenvalue weighted by Crippen LogP contribution is -2.39. The molecule has 0 bridgehead atoms. The number of carboxylic acid groups (broad SMARTS) is 1. The summed E-state index contributed by atoms with van der Waals surface area (Å²) in [7, 11) is 1.37. The Morgan fingerprint density at radius 2 is 1.90 bits per heavy atom. The van der Waals surface area contributed by atoms with Gasteiger partial charge in [0.1, 0.15) is 23.6 Å². The van der Waals surface area contributed by atoms with Gasteiger partial charge in [0.05, 0.1) is 12.5 Å². The summed E-state index contributed by atoms with van der Waals surface area (Å²) in [5.41, 5.74) is -0.220. The van der Waals surface area contributed by atoms with E-state index in [0.29, 0.717) is 22.3 Å². The number of hydrogen-bond donors (Lipinski definition) is 2. The number of aromatic nitrogens is 1. The van der Waals surface area contributed by atoms with Crippen LogP contribution in [0.25, 0.3) is 10.8 Å². The number of ether oxygens (including phenoxy) is 2. The number of hydrogen-bond acceptors (Lipinski definition) is 6. The minimum Gasteiger partial charge on any atom is -0.494 e. The monoisotopic (exact) mass is 391 g/mol. The van der Waals surface area contributed by atoms with Crippen molar-refractivity contribution in [2.24, 2.45) is 0 Å². The molecule has 0 unspecified atom stereocenters. The number of fused-ring (bicyclic) bond motifs is 1. The molecular weight excluding hydrogens is 374 g/mol. The molecule has 0 fully saturated rings. The summed E-state index contributed by atoms with van der Waals surface area (Å²) in [6, 6.07) is 14.9. The zero-order chi connectivity index (χ0) is 21.0. The van der Waals surface area contributed by atoms with Gasteiger partial charge in [-0.05, 0) is 25.1 Å². The second kappa shape index (κ2) is 8.27. The average Bonchev–Trinajstić information content (AvgIpc) is 2.73. The molecule has 0 radical (unpaired) electrons. The SMILES string of the molecule is COc1c(C(=O)N[C@H](C)C(=O)O)nc(C#N)c2c(Oc3ccccc3)cccc12. The molecule has 0 aliphatic carbocycles. The van der Waals surface area contributed by atoms with Crippen LogP contribution in [-0.4, -0.2) is 35.1 Å². The van der Waals surface area contributed by atoms with Crippen LogP contribution in [0.5, 0.6) is 17.2 Å². The van der Waals surface area contributed by atoms with E-state index in [1.165, 1.54) is 14.0 Å². The zero-order valence-electron chi connectivity index (χ0n) is 15.7. The van der Waals surface area contributed by atoms with Crippen LogP contribution in [0.2, 0.25) is 0 Å². The summed E-state index contributed by atoms with van der Waals surface area (Å²) in [5, 5.41) is 21.8. The maximum atomic E-state index is 12.6. The van der Waals surface area contributed by atoms with E-state index in [1.807, 2.05) is 24.3 Å². The van der Waals surface area contributed by atoms with E-state index in [-0.39, 0.29) is 17.1 Å². The van der Waals surface area contributed by atoms with E-state index in [0.717, 1.165) is 0 Å². The fraction of sp³-hybridized carbons (Fsp3) is 0.143. The Balaban J connectivity index is 2.16. The van der Waals surface area contributed by atoms with Crippen molar-refractivity contribution >= 4 is 22.6 Å². The van der Waals surface area contributed by atoms with Gasteiger partial charge in [0.2, 0.25) is 0 Å². The van der Waals surface area contributed by atoms with Gasteiger partial charge in [-0.25, -0.2) is 4.98 Å². The number of nitrogens with one attached hydrogen (secondary N) is 1. The third-order valence-electron chi connectivity index (χ3n) is 4.16. The number of nitriles is 1. The number of benzene rings is 2. The first-order valence-corrected chi connectivity index (χ1v) is 8.63. The molecule has 146 valence electrons. The van der Waals surface area contributed by atoms with Crippen molar-refractivity contribution in [1.29, 1.82) is 5.26 Å². The van der Waals surface area contributed by atoms with E-state index in [2.05, 4.69) is 10.3 Å². The normalized spacial score (nSPS) is 11.3. The van der Waals surface area contributed by atoms with Crippen molar-refractivity contribution in [3.05, 3.63) is 59.9 Å². The van der Waals surface area contributed by atoms with Gasteiger partial charge in [-0.2, -0.15) is 5.26 Å². The van der Waals surface area contributed by atoms with Gasteiger partial charge in [-0.1, -0.05) is 30.3 Å². The maximum absolute atomic E-state index is 12.6. The molecule has 0 saturated carbocycles. The van der Waals surface area contributed by atoms with Crippen LogP contribution in [0.15, 0.2) is 48.5 Å². The molecule has 8 heteroatoms. The van der Waals surface area contributed by atoms with Gasteiger partial charge in [0.25, 0.3) is 5.91 Å². The minimum atomic E-state index is -1.20. The molecule has 0 saturated heterocycles. The quantitative estimate of drug-likeness (QED) is 0.662. The van der Waals surface area contributed by atoms with Crippen LogP contribution in [0, 0.1) is 11.3 Å². The van der Waals surface area contributed by atoms with Crippen molar-refractivity contribution < 1.29 is 24.2 Å². The Morgan fingerprint density at radius 1 is 1.17 bits per heavy atom. The fourth-order valence-corrected chi connectivity index (χ4v) is 2.78. The fourth-order valence-electron chi connectivity index (χ4n) is 2.78. The number of aliphatic carboxylic acids is 1. The van der Waals surface area contributed by atoms with Crippen LogP contribution in [-0.2, 0) is 4.79 Å². The molecule has 1 heterocycles. The summed E-state index contributed by atoms with van der Waals surface area (Å²) >= 11 is 0. The van der Waals surface area contributed by atoms with Gasteiger partial charge < -0.3 is 19.9 Å². The molecule has 0 aliphatic heterocycles. The molecule has 0 aliphatic rings. The maximum Gasteiger partial charge on any atom is 0.325 e. The lowest BCUT2D eigenvalue weighted by Gasteiger charge is -2.16. The highest BCUT2D eigenvalue weighted by Gasteiger charge is 2.25. The number of amides is 1. The lowest BCUT2D eigenvalue weighted by atomic mass is 10.1. The predicted molar refractivity (Wildman–Crippen MR) is 104 cm³/mol. The van der Waals surface area contributed by atoms with Gasteiger partial charge in [0.15, 0.2) is 17.1 Å². The highest BCUT2D eigenvalue weighted by atomic mass is 16.5. The Labute approximate surface area is 166 Å². The summed E-state index contributed by atoms with van der Waals surface area (Å²) in [5.74, 6) is -0.892. The minimum absolute atomic E-state index is 0.0412. The van der Waals surface area contributed by atoms with Crippen LogP contribution in [0.1, 0.15) is 23.1 Å². The highest BCUT2D eigenvalue weighted by Crippen LogP contribution is 2.37. The summed E-state index contributed by atoms with van der Waals surface area (Å²) in [4.78, 5) is 27.7. The second-order valence-corrected chi connectivity index (χ2v) is 6.08. The summed E-state index contributed by atoms with van der Waals surface area (Å²) in [6.07, 6.45) is 0. The Morgan fingerprint density at radius 3 is 2.52 bits per heavy atom. The van der Waals surface area contributed by atoms with Crippen molar-refractivity contribution in [2.75, 3.05) is 7.11 Å². The number of nitrogens with zero attached hydrogens (tertiary/aromatic N) is 2. The van der Waals surface area contributed by atoms with Crippen molar-refractivity contribution in [3.63, 3.8) is 0 Å². The van der Waals surface area contributed by atoms with Crippen molar-refractivity contribution in [3.8, 4) is 23.3 Å². The number of pyridine rings is 1. The number of carboxylic acids is 1. The Kier molecular flexibility index (Phi) is 5.60. The molecule has 1 aromatic heterocycles. The molecular formula is C21H17N3O5. The number of carbonyl (C=O) groups is 2. The Bertz CT molecular complexity index is 1120. The van der Waals surface area contributed by atoms with Crippen LogP contribution < -0.4 is 14.8 Å². The lowest BCUT2D eigenvalue weighted by molar-refractivity contribution is -0.138. The molecule has 2 N–H and O–H groups in total. The number of carbonyl (C=O) groups excluding carboxylic acids is 1. The first-order chi connectivity index (χ1) is 14.0. The molecule has 3 rings (SSSR count). The highest BCUT2D eigenvalue weighted by molar-refractivity contribution is 6.05. The van der Waals surface area contributed by atoms with E-state index >= 15 is 0 Å². The smallest absolute Gasteiger partial charge is 0.325 e. The largest absolute Gasteiger partial charge is 0.494 e. The third-order valence-corrected chi connectivity index (χ3v) is 4.16. The first kappa shape index (κ1) is 19.6. The summed E-state index contributed by atoms with van der Waals surface area (Å²) < 4.78 is 11.3. The number of methoxy groups -OCH3 is 1. The van der Waals surface area contributed by atoms with Crippen LogP contribution >= 0.6 is 0 Å². The molecule has 1 amide bonds. The average molecular weight is 391 g/mol. The van der Waals surface area contributed by atoms with Gasteiger partial charge in [-0.3, -0.25) is 9.59 Å². The van der Waals surface area contributed by atoms with Crippen molar-refractivity contribution in [1.82, 2.24) is 10.3 Å². The van der Waals surface area contributed by atoms with Gasteiger partial charge in [0, 0.05) is 5.39 Å². The molecule has 3 aromatic rings. The standard InChI is InChI=1S/C21H17N3O5/c1-12(21(26)27)23-20(25)18-19(28-2)14-9-6-10-16(17(14)15(11-22)24-18)29-13-7-4-3-5-8-13/h3-10,12H,1-2H3,(H,23,25)(H,26,27)/t12-/m1/s1. The molecule has 2 aromatic carbocycles.